The normalized spacial score (nSPS) is 10.4. The van der Waals surface area contributed by atoms with Gasteiger partial charge in [0.2, 0.25) is 0 Å². The maximum absolute atomic E-state index is 11.3. The van der Waals surface area contributed by atoms with E-state index in [1.807, 2.05) is 60.7 Å². The number of para-hydroxylation sites is 1. The van der Waals surface area contributed by atoms with Gasteiger partial charge in [0.25, 0.3) is 0 Å². The second-order valence-electron chi connectivity index (χ2n) is 4.93. The highest BCUT2D eigenvalue weighted by molar-refractivity contribution is 5.86. The Morgan fingerprint density at radius 2 is 1.70 bits per heavy atom. The molecule has 2 aromatic carbocycles. The van der Waals surface area contributed by atoms with Crippen molar-refractivity contribution in [3.8, 4) is 5.75 Å². The highest BCUT2D eigenvalue weighted by atomic mass is 16.5. The van der Waals surface area contributed by atoms with Gasteiger partial charge in [-0.1, -0.05) is 53.7 Å². The van der Waals surface area contributed by atoms with E-state index in [-0.39, 0.29) is 12.3 Å². The largest absolute Gasteiger partial charge is 0.487 e. The lowest BCUT2D eigenvalue weighted by Gasteiger charge is -2.09. The Morgan fingerprint density at radius 1 is 1.04 bits per heavy atom. The van der Waals surface area contributed by atoms with Crippen molar-refractivity contribution in [3.63, 3.8) is 0 Å². The lowest BCUT2D eigenvalue weighted by Crippen LogP contribution is -2.12. The number of rotatable bonds is 6. The fourth-order valence-electron chi connectivity index (χ4n) is 2.19. The molecule has 0 saturated heterocycles. The number of carboxylic acid groups (broad SMARTS) is 1. The van der Waals surface area contributed by atoms with E-state index in [0.717, 1.165) is 5.56 Å². The van der Waals surface area contributed by atoms with E-state index in [9.17, 15) is 9.90 Å². The zero-order valence-corrected chi connectivity index (χ0v) is 12.3. The highest BCUT2D eigenvalue weighted by Gasteiger charge is 2.19. The number of hydrogen-bond acceptors (Lipinski definition) is 4. The van der Waals surface area contributed by atoms with E-state index in [0.29, 0.717) is 18.0 Å². The van der Waals surface area contributed by atoms with Crippen LogP contribution in [-0.2, 0) is 13.2 Å². The summed E-state index contributed by atoms with van der Waals surface area (Å²) in [6.45, 7) is 0.528. The molecule has 116 valence electrons. The van der Waals surface area contributed by atoms with E-state index >= 15 is 0 Å². The van der Waals surface area contributed by atoms with Gasteiger partial charge < -0.3 is 9.84 Å². The topological polar surface area (TPSA) is 77.2 Å². The van der Waals surface area contributed by atoms with Gasteiger partial charge in [0.05, 0.1) is 6.54 Å². The van der Waals surface area contributed by atoms with Crippen molar-refractivity contribution < 1.29 is 14.6 Å². The molecule has 0 aliphatic heterocycles. The first kappa shape index (κ1) is 14.8. The number of aromatic carboxylic acids is 1. The fraction of sp³-hybridized carbons (Fsp3) is 0.118. The molecular weight excluding hydrogens is 294 g/mol. The number of benzene rings is 2. The minimum absolute atomic E-state index is 0.0862. The molecule has 6 nitrogen and oxygen atoms in total. The minimum Gasteiger partial charge on any atom is -0.487 e. The molecule has 0 amide bonds. The molecule has 6 heteroatoms. The quantitative estimate of drug-likeness (QED) is 0.757. The Balaban J connectivity index is 1.84. The average Bonchev–Trinajstić information content (AvgIpc) is 2.98. The van der Waals surface area contributed by atoms with Gasteiger partial charge in [0.1, 0.15) is 18.1 Å². The van der Waals surface area contributed by atoms with E-state index in [2.05, 4.69) is 10.3 Å². The van der Waals surface area contributed by atoms with Gasteiger partial charge in [-0.15, -0.1) is 5.10 Å². The summed E-state index contributed by atoms with van der Waals surface area (Å²) in [6, 6.07) is 18.9. The smallest absolute Gasteiger partial charge is 0.358 e. The third-order valence-electron chi connectivity index (χ3n) is 3.33. The van der Waals surface area contributed by atoms with Gasteiger partial charge in [0, 0.05) is 0 Å². The molecule has 0 unspecified atom stereocenters. The zero-order chi connectivity index (χ0) is 16.1. The Kier molecular flexibility index (Phi) is 4.33. The molecular formula is C17H15N3O3. The number of nitrogens with zero attached hydrogens (tertiary/aromatic N) is 3. The van der Waals surface area contributed by atoms with Crippen LogP contribution in [0.15, 0.2) is 60.7 Å². The first-order valence-electron chi connectivity index (χ1n) is 7.11. The fourth-order valence-corrected chi connectivity index (χ4v) is 2.19. The second kappa shape index (κ2) is 6.74. The molecule has 1 aromatic heterocycles. The summed E-state index contributed by atoms with van der Waals surface area (Å²) in [5.41, 5.74) is 1.36. The van der Waals surface area contributed by atoms with Crippen molar-refractivity contribution >= 4 is 5.97 Å². The monoisotopic (exact) mass is 309 g/mol. The van der Waals surface area contributed by atoms with Crippen LogP contribution in [0.4, 0.5) is 0 Å². The molecule has 23 heavy (non-hydrogen) atoms. The summed E-state index contributed by atoms with van der Waals surface area (Å²) in [7, 11) is 0. The Labute approximate surface area is 133 Å². The molecule has 0 atom stereocenters. The van der Waals surface area contributed by atoms with Gasteiger partial charge >= 0.3 is 5.97 Å². The summed E-state index contributed by atoms with van der Waals surface area (Å²) < 4.78 is 7.21. The van der Waals surface area contributed by atoms with Crippen LogP contribution < -0.4 is 4.74 Å². The van der Waals surface area contributed by atoms with Crippen LogP contribution in [-0.4, -0.2) is 26.1 Å². The standard InChI is InChI=1S/C17H15N3O3/c21-17(22)16-15(12-23-14-9-5-2-6-10-14)20(19-18-16)11-13-7-3-1-4-8-13/h1-10H,11-12H2,(H,21,22). The third-order valence-corrected chi connectivity index (χ3v) is 3.33. The van der Waals surface area contributed by atoms with Crippen LogP contribution in [0.2, 0.25) is 0 Å². The van der Waals surface area contributed by atoms with E-state index in [1.54, 1.807) is 4.68 Å². The van der Waals surface area contributed by atoms with Crippen molar-refractivity contribution in [2.45, 2.75) is 13.2 Å². The zero-order valence-electron chi connectivity index (χ0n) is 12.3. The van der Waals surface area contributed by atoms with Crippen molar-refractivity contribution in [2.75, 3.05) is 0 Å². The molecule has 1 N–H and O–H groups in total. The molecule has 1 heterocycles. The molecule has 0 radical (unpaired) electrons. The van der Waals surface area contributed by atoms with Gasteiger partial charge in [-0.25, -0.2) is 9.48 Å². The molecule has 0 fully saturated rings. The third kappa shape index (κ3) is 3.55. The van der Waals surface area contributed by atoms with Crippen molar-refractivity contribution in [1.29, 1.82) is 0 Å². The summed E-state index contributed by atoms with van der Waals surface area (Å²) in [6.07, 6.45) is 0. The van der Waals surface area contributed by atoms with Crippen molar-refractivity contribution in [3.05, 3.63) is 77.6 Å². The van der Waals surface area contributed by atoms with Crippen molar-refractivity contribution in [1.82, 2.24) is 15.0 Å². The lowest BCUT2D eigenvalue weighted by atomic mass is 10.2. The number of carbonyl (C=O) groups is 1. The molecule has 0 aliphatic carbocycles. The van der Waals surface area contributed by atoms with Crippen LogP contribution in [0.1, 0.15) is 21.7 Å². The summed E-state index contributed by atoms with van der Waals surface area (Å²) in [5.74, 6) is -0.452. The van der Waals surface area contributed by atoms with Gasteiger partial charge in [-0.2, -0.15) is 0 Å². The van der Waals surface area contributed by atoms with Crippen LogP contribution >= 0.6 is 0 Å². The van der Waals surface area contributed by atoms with Gasteiger partial charge in [0.15, 0.2) is 5.69 Å². The number of carboxylic acids is 1. The van der Waals surface area contributed by atoms with Crippen molar-refractivity contribution in [2.24, 2.45) is 0 Å². The average molecular weight is 309 g/mol. The van der Waals surface area contributed by atoms with E-state index in [4.69, 9.17) is 4.74 Å². The SMILES string of the molecule is O=C(O)c1nnn(Cc2ccccc2)c1COc1ccccc1. The Hall–Kier alpha value is -3.15. The van der Waals surface area contributed by atoms with E-state index < -0.39 is 5.97 Å². The van der Waals surface area contributed by atoms with Crippen LogP contribution in [0.25, 0.3) is 0 Å². The van der Waals surface area contributed by atoms with E-state index in [1.165, 1.54) is 0 Å². The van der Waals surface area contributed by atoms with Crippen LogP contribution in [0.3, 0.4) is 0 Å². The van der Waals surface area contributed by atoms with Gasteiger partial charge in [-0.3, -0.25) is 0 Å². The molecule has 3 rings (SSSR count). The molecule has 0 spiro atoms. The molecule has 0 aliphatic rings. The Bertz CT molecular complexity index is 785. The number of aromatic nitrogens is 3. The predicted octanol–water partition coefficient (Wildman–Crippen LogP) is 2.60. The minimum atomic E-state index is -1.11. The second-order valence-corrected chi connectivity index (χ2v) is 4.93. The lowest BCUT2D eigenvalue weighted by molar-refractivity contribution is 0.0687. The summed E-state index contributed by atoms with van der Waals surface area (Å²) >= 11 is 0. The highest BCUT2D eigenvalue weighted by Crippen LogP contribution is 2.14. The number of hydrogen-bond donors (Lipinski definition) is 1. The first-order chi connectivity index (χ1) is 11.2. The first-order valence-corrected chi connectivity index (χ1v) is 7.11. The molecule has 0 saturated carbocycles. The molecule has 3 aromatic rings. The Morgan fingerprint density at radius 3 is 2.35 bits per heavy atom. The predicted molar refractivity (Wildman–Crippen MR) is 83.3 cm³/mol. The van der Waals surface area contributed by atoms with Gasteiger partial charge in [-0.05, 0) is 17.7 Å². The van der Waals surface area contributed by atoms with Crippen LogP contribution in [0, 0.1) is 0 Å². The molecule has 0 bridgehead atoms. The maximum atomic E-state index is 11.3. The van der Waals surface area contributed by atoms with Crippen LogP contribution in [0.5, 0.6) is 5.75 Å². The number of ether oxygens (including phenoxy) is 1. The summed E-state index contributed by atoms with van der Waals surface area (Å²) in [5, 5.41) is 17.0. The summed E-state index contributed by atoms with van der Waals surface area (Å²) in [4.78, 5) is 11.3. The maximum Gasteiger partial charge on any atom is 0.358 e.